The number of thioether (sulfide) groups is 1. The van der Waals surface area contributed by atoms with Crippen molar-refractivity contribution in [1.29, 1.82) is 0 Å². The van der Waals surface area contributed by atoms with E-state index >= 15 is 0 Å². The summed E-state index contributed by atoms with van der Waals surface area (Å²) < 4.78 is 0. The number of hydrogen-bond acceptors (Lipinski definition) is 3. The summed E-state index contributed by atoms with van der Waals surface area (Å²) in [5.41, 5.74) is 1.40. The maximum Gasteiger partial charge on any atom is 0.231 e. The number of nitrogens with one attached hydrogen (secondary N) is 2. The van der Waals surface area contributed by atoms with E-state index in [0.717, 1.165) is 19.0 Å². The van der Waals surface area contributed by atoms with Crippen molar-refractivity contribution in [2.24, 2.45) is 5.92 Å². The normalized spacial score (nSPS) is 23.7. The molecule has 0 saturated carbocycles. The van der Waals surface area contributed by atoms with Gasteiger partial charge in [-0.2, -0.15) is 0 Å². The van der Waals surface area contributed by atoms with Crippen molar-refractivity contribution < 1.29 is 17.2 Å². The van der Waals surface area contributed by atoms with E-state index in [-0.39, 0.29) is 35.8 Å². The lowest BCUT2D eigenvalue weighted by atomic mass is 9.87. The van der Waals surface area contributed by atoms with E-state index < -0.39 is 7.26 Å². The molecule has 6 heteroatoms. The van der Waals surface area contributed by atoms with Gasteiger partial charge in [0.05, 0.1) is 11.3 Å². The van der Waals surface area contributed by atoms with Gasteiger partial charge in [0.25, 0.3) is 0 Å². The van der Waals surface area contributed by atoms with Gasteiger partial charge < -0.3 is 17.7 Å². The molecule has 6 rings (SSSR count). The van der Waals surface area contributed by atoms with Crippen molar-refractivity contribution in [2.75, 3.05) is 6.16 Å². The predicted molar refractivity (Wildman–Crippen MR) is 145 cm³/mol. The summed E-state index contributed by atoms with van der Waals surface area (Å²) >= 11 is 1.92. The molecular weight excluding hydrogens is 491 g/mol. The Balaban J connectivity index is 0.00000253. The van der Waals surface area contributed by atoms with E-state index in [1.165, 1.54) is 39.2 Å². The van der Waals surface area contributed by atoms with E-state index in [4.69, 9.17) is 0 Å². The van der Waals surface area contributed by atoms with E-state index in [1.54, 1.807) is 0 Å². The first-order chi connectivity index (χ1) is 16.8. The Morgan fingerprint density at radius 1 is 0.771 bits per heavy atom. The molecule has 2 heterocycles. The van der Waals surface area contributed by atoms with E-state index in [0.29, 0.717) is 0 Å². The van der Waals surface area contributed by atoms with Crippen LogP contribution in [-0.2, 0) is 4.79 Å². The number of hydrogen-bond donors (Lipinski definition) is 2. The summed E-state index contributed by atoms with van der Waals surface area (Å²) in [5.74, 6) is 0.204. The Hall–Kier alpha value is -2.10. The average molecular weight is 521 g/mol. The highest BCUT2D eigenvalue weighted by atomic mass is 35.5. The van der Waals surface area contributed by atoms with Gasteiger partial charge >= 0.3 is 0 Å². The van der Waals surface area contributed by atoms with Gasteiger partial charge in [-0.05, 0) is 72.6 Å². The lowest BCUT2D eigenvalue weighted by molar-refractivity contribution is -0.126. The number of benzene rings is 3. The van der Waals surface area contributed by atoms with E-state index in [1.807, 2.05) is 11.8 Å². The number of amides is 1. The van der Waals surface area contributed by atoms with E-state index in [2.05, 4.69) is 102 Å². The molecule has 3 aromatic rings. The van der Waals surface area contributed by atoms with Gasteiger partial charge in [-0.15, -0.1) is 11.8 Å². The first-order valence-corrected chi connectivity index (χ1v) is 15.1. The van der Waals surface area contributed by atoms with Crippen LogP contribution in [0, 0.1) is 5.92 Å². The first kappa shape index (κ1) is 24.6. The third-order valence-electron chi connectivity index (χ3n) is 7.42. The van der Waals surface area contributed by atoms with Crippen LogP contribution in [0.3, 0.4) is 0 Å². The number of carbonyl (C=O) groups excluding carboxylic acids is 1. The monoisotopic (exact) mass is 520 g/mol. The van der Waals surface area contributed by atoms with Gasteiger partial charge in [0.1, 0.15) is 35.5 Å². The molecule has 1 fully saturated rings. The van der Waals surface area contributed by atoms with Crippen molar-refractivity contribution >= 4 is 40.8 Å². The minimum absolute atomic E-state index is 0. The highest BCUT2D eigenvalue weighted by Crippen LogP contribution is 2.56. The Labute approximate surface area is 218 Å². The predicted octanol–water partition coefficient (Wildman–Crippen LogP) is 1.55. The van der Waals surface area contributed by atoms with Crippen molar-refractivity contribution in [3.8, 4) is 0 Å². The number of fused-ring (bicyclic) bond motifs is 2. The standard InChI is InChI=1S/C29H29N2OPS.ClH/c32-28-27-24-18-10-11-19-25(24)34-29(27)31-26(30-28)20-33(21-12-4-1-5-13-21,22-14-6-2-7-15-22)23-16-8-3-9-17-23;/h1-9,12-17,26-27,29,31H,10-11,18-20H2;1H. The third kappa shape index (κ3) is 4.47. The van der Waals surface area contributed by atoms with Gasteiger partial charge in [-0.25, -0.2) is 0 Å². The zero-order valence-electron chi connectivity index (χ0n) is 19.6. The van der Waals surface area contributed by atoms with Crippen LogP contribution in [0.2, 0.25) is 0 Å². The second-order valence-corrected chi connectivity index (χ2v) is 14.2. The molecule has 0 bridgehead atoms. The molecule has 35 heavy (non-hydrogen) atoms. The lowest BCUT2D eigenvalue weighted by Gasteiger charge is -2.37. The Morgan fingerprint density at radius 2 is 1.29 bits per heavy atom. The second kappa shape index (κ2) is 10.5. The lowest BCUT2D eigenvalue weighted by Crippen LogP contribution is -3.00. The zero-order chi connectivity index (χ0) is 23.0. The molecule has 0 spiro atoms. The molecular formula is C29H30ClN2OPS. The van der Waals surface area contributed by atoms with Crippen LogP contribution in [0.5, 0.6) is 0 Å². The SMILES string of the molecule is O=C1NC(C[P+](c2ccccc2)(c2ccccc2)c2ccccc2)NC2SC3=C(CCCC3)C12.[Cl-]. The fourth-order valence-corrected chi connectivity index (χ4v) is 11.8. The molecule has 1 aliphatic carbocycles. The molecule has 3 unspecified atom stereocenters. The molecule has 1 amide bonds. The first-order valence-electron chi connectivity index (χ1n) is 12.3. The fourth-order valence-electron chi connectivity index (χ4n) is 5.88. The van der Waals surface area contributed by atoms with Gasteiger partial charge in [-0.3, -0.25) is 10.1 Å². The average Bonchev–Trinajstić information content (AvgIpc) is 3.28. The number of allylic oxidation sites excluding steroid dienone is 1. The largest absolute Gasteiger partial charge is 1.00 e. The van der Waals surface area contributed by atoms with Gasteiger partial charge in [0.15, 0.2) is 0 Å². The van der Waals surface area contributed by atoms with Crippen molar-refractivity contribution in [2.45, 2.75) is 37.2 Å². The van der Waals surface area contributed by atoms with Gasteiger partial charge in [0.2, 0.25) is 5.91 Å². The summed E-state index contributed by atoms with van der Waals surface area (Å²) in [5, 5.41) is 11.5. The Morgan fingerprint density at radius 3 is 1.83 bits per heavy atom. The smallest absolute Gasteiger partial charge is 0.231 e. The molecule has 0 aromatic heterocycles. The van der Waals surface area contributed by atoms with Crippen LogP contribution >= 0.6 is 19.0 Å². The molecule has 3 aliphatic rings. The number of halogens is 1. The Bertz CT molecular complexity index is 1110. The van der Waals surface area contributed by atoms with E-state index in [9.17, 15) is 4.79 Å². The van der Waals surface area contributed by atoms with Crippen LogP contribution in [0.4, 0.5) is 0 Å². The van der Waals surface area contributed by atoms with Crippen LogP contribution in [-0.4, -0.2) is 23.6 Å². The number of carbonyl (C=O) groups is 1. The molecule has 180 valence electrons. The zero-order valence-corrected chi connectivity index (χ0v) is 22.0. The molecule has 3 aromatic carbocycles. The van der Waals surface area contributed by atoms with Crippen molar-refractivity contribution in [3.05, 3.63) is 101 Å². The summed E-state index contributed by atoms with van der Waals surface area (Å²) in [6.07, 6.45) is 5.47. The number of rotatable bonds is 5. The highest BCUT2D eigenvalue weighted by molar-refractivity contribution is 8.04. The van der Waals surface area contributed by atoms with Crippen molar-refractivity contribution in [1.82, 2.24) is 10.6 Å². The van der Waals surface area contributed by atoms with Crippen LogP contribution in [0.1, 0.15) is 25.7 Å². The minimum atomic E-state index is -2.02. The second-order valence-electron chi connectivity index (χ2n) is 9.40. The summed E-state index contributed by atoms with van der Waals surface area (Å²) in [7, 11) is -2.02. The summed E-state index contributed by atoms with van der Waals surface area (Å²) in [4.78, 5) is 14.9. The maximum atomic E-state index is 13.5. The van der Waals surface area contributed by atoms with Crippen LogP contribution < -0.4 is 39.0 Å². The van der Waals surface area contributed by atoms with Crippen molar-refractivity contribution in [3.63, 3.8) is 0 Å². The fraction of sp³-hybridized carbons (Fsp3) is 0.276. The Kier molecular flexibility index (Phi) is 7.37. The topological polar surface area (TPSA) is 41.1 Å². The molecule has 1 saturated heterocycles. The maximum absolute atomic E-state index is 13.5. The molecule has 2 N–H and O–H groups in total. The highest BCUT2D eigenvalue weighted by Gasteiger charge is 2.51. The molecule has 3 atom stereocenters. The van der Waals surface area contributed by atoms with Gasteiger partial charge in [0, 0.05) is 0 Å². The van der Waals surface area contributed by atoms with Gasteiger partial charge in [-0.1, -0.05) is 54.6 Å². The van der Waals surface area contributed by atoms with Crippen LogP contribution in [0.15, 0.2) is 101 Å². The molecule has 2 aliphatic heterocycles. The minimum Gasteiger partial charge on any atom is -1.00 e. The molecule has 0 radical (unpaired) electrons. The quantitative estimate of drug-likeness (QED) is 0.502. The van der Waals surface area contributed by atoms with Crippen LogP contribution in [0.25, 0.3) is 0 Å². The summed E-state index contributed by atoms with van der Waals surface area (Å²) in [6, 6.07) is 32.7. The summed E-state index contributed by atoms with van der Waals surface area (Å²) in [6.45, 7) is 0. The molecule has 3 nitrogen and oxygen atoms in total. The third-order valence-corrected chi connectivity index (χ3v) is 13.3.